The van der Waals surface area contributed by atoms with Crippen LogP contribution < -0.4 is 10.7 Å². The molecule has 0 N–H and O–H groups in total. The van der Waals surface area contributed by atoms with E-state index in [1.807, 2.05) is 18.3 Å². The van der Waals surface area contributed by atoms with Crippen LogP contribution >= 0.6 is 0 Å². The average molecular weight is 184 g/mol. The van der Waals surface area contributed by atoms with Gasteiger partial charge in [-0.1, -0.05) is 0 Å². The van der Waals surface area contributed by atoms with Crippen LogP contribution in [0.15, 0.2) is 45.3 Å². The monoisotopic (exact) mass is 184 g/mol. The van der Waals surface area contributed by atoms with Gasteiger partial charge < -0.3 is 0 Å². The topological polar surface area (TPSA) is 50.0 Å². The number of hydrogen-bond donors (Lipinski definition) is 0. The average Bonchev–Trinajstić information content (AvgIpc) is 2.61. The van der Waals surface area contributed by atoms with Crippen LogP contribution in [0.5, 0.6) is 0 Å². The molecule has 0 fully saturated rings. The third-order valence-electron chi connectivity index (χ3n) is 2.36. The molecule has 3 heterocycles. The highest BCUT2D eigenvalue weighted by molar-refractivity contribution is 5.64. The highest BCUT2D eigenvalue weighted by Gasteiger charge is 2.13. The van der Waals surface area contributed by atoms with Gasteiger partial charge in [0.2, 0.25) is 0 Å². The Morgan fingerprint density at radius 1 is 1.29 bits per heavy atom. The molecule has 0 aliphatic carbocycles. The lowest BCUT2D eigenvalue weighted by Crippen LogP contribution is -2.29. The van der Waals surface area contributed by atoms with E-state index in [9.17, 15) is 0 Å². The highest BCUT2D eigenvalue weighted by atomic mass is 15.1. The molecule has 0 radical (unpaired) electrons. The molecule has 0 aromatic carbocycles. The van der Waals surface area contributed by atoms with E-state index in [0.29, 0.717) is 0 Å². The van der Waals surface area contributed by atoms with Crippen LogP contribution in [0.3, 0.4) is 0 Å². The van der Waals surface area contributed by atoms with Gasteiger partial charge in [0.25, 0.3) is 0 Å². The van der Waals surface area contributed by atoms with E-state index in [0.717, 1.165) is 29.4 Å². The minimum Gasteiger partial charge on any atom is -0.266 e. The molecule has 68 valence electrons. The van der Waals surface area contributed by atoms with Gasteiger partial charge in [0.1, 0.15) is 5.70 Å². The van der Waals surface area contributed by atoms with Gasteiger partial charge in [0.15, 0.2) is 5.49 Å². The molecule has 1 aromatic rings. The Hall–Kier alpha value is -1.84. The second kappa shape index (κ2) is 2.83. The number of pyridine rings is 1. The molecule has 0 unspecified atom stereocenters. The lowest BCUT2D eigenvalue weighted by molar-refractivity contribution is 0.926. The van der Waals surface area contributed by atoms with Gasteiger partial charge in [-0.05, 0) is 18.6 Å². The lowest BCUT2D eigenvalue weighted by Gasteiger charge is -1.94. The maximum absolute atomic E-state index is 4.39. The first-order valence-corrected chi connectivity index (χ1v) is 4.55. The first-order chi connectivity index (χ1) is 6.95. The van der Waals surface area contributed by atoms with E-state index in [-0.39, 0.29) is 0 Å². The molecular formula is C10H8N4. The summed E-state index contributed by atoms with van der Waals surface area (Å²) in [4.78, 5) is 8.62. The van der Waals surface area contributed by atoms with Crippen LogP contribution in [0, 0.1) is 0 Å². The predicted octanol–water partition coefficient (Wildman–Crippen LogP) is 0.563. The van der Waals surface area contributed by atoms with Crippen molar-refractivity contribution in [3.63, 3.8) is 0 Å². The van der Waals surface area contributed by atoms with Crippen molar-refractivity contribution >= 4 is 5.70 Å². The van der Waals surface area contributed by atoms with Crippen molar-refractivity contribution in [3.05, 3.63) is 40.8 Å². The first kappa shape index (κ1) is 7.55. The summed E-state index contributed by atoms with van der Waals surface area (Å²) in [5.41, 5.74) is 2.89. The maximum atomic E-state index is 4.39. The third kappa shape index (κ3) is 1.00. The Morgan fingerprint density at radius 2 is 2.29 bits per heavy atom. The van der Waals surface area contributed by atoms with Crippen LogP contribution in [-0.4, -0.2) is 11.5 Å². The zero-order valence-electron chi connectivity index (χ0n) is 7.51. The number of aromatic nitrogens is 1. The van der Waals surface area contributed by atoms with Gasteiger partial charge in [0.05, 0.1) is 6.20 Å². The van der Waals surface area contributed by atoms with E-state index in [1.165, 1.54) is 5.57 Å². The summed E-state index contributed by atoms with van der Waals surface area (Å²) in [6, 6.07) is 3.89. The van der Waals surface area contributed by atoms with Gasteiger partial charge in [0, 0.05) is 23.5 Å². The molecule has 1 aromatic heterocycles. The molecular weight excluding hydrogens is 176 g/mol. The Labute approximate surface area is 80.4 Å². The molecule has 3 rings (SSSR count). The van der Waals surface area contributed by atoms with Gasteiger partial charge >= 0.3 is 0 Å². The summed E-state index contributed by atoms with van der Waals surface area (Å²) in [5.74, 6) is 0. The smallest absolute Gasteiger partial charge is 0.156 e. The Kier molecular flexibility index (Phi) is 1.53. The van der Waals surface area contributed by atoms with E-state index >= 15 is 0 Å². The minimum atomic E-state index is 0.768. The number of nitrogens with zero attached hydrogens (tertiary/aromatic N) is 4. The van der Waals surface area contributed by atoms with Crippen molar-refractivity contribution in [1.82, 2.24) is 4.98 Å². The Balaban J connectivity index is 2.49. The van der Waals surface area contributed by atoms with Crippen molar-refractivity contribution in [1.29, 1.82) is 0 Å². The fraction of sp³-hybridized carbons (Fsp3) is 0.200. The van der Waals surface area contributed by atoms with E-state index in [2.05, 4.69) is 20.2 Å². The summed E-state index contributed by atoms with van der Waals surface area (Å²) in [5, 5.41) is 9.03. The SMILES string of the molecule is C1=C2CCN=c3ncccc3=C2N=N1. The fourth-order valence-electron chi connectivity index (χ4n) is 1.68. The molecule has 14 heavy (non-hydrogen) atoms. The van der Waals surface area contributed by atoms with Crippen molar-refractivity contribution in [2.24, 2.45) is 15.2 Å². The molecule has 0 bridgehead atoms. The lowest BCUT2D eigenvalue weighted by atomic mass is 10.1. The normalized spacial score (nSPS) is 18.0. The maximum Gasteiger partial charge on any atom is 0.156 e. The quantitative estimate of drug-likeness (QED) is 0.581. The van der Waals surface area contributed by atoms with Crippen molar-refractivity contribution in [2.75, 3.05) is 6.54 Å². The van der Waals surface area contributed by atoms with E-state index < -0.39 is 0 Å². The van der Waals surface area contributed by atoms with Crippen molar-refractivity contribution in [2.45, 2.75) is 6.42 Å². The highest BCUT2D eigenvalue weighted by Crippen LogP contribution is 2.22. The number of fused-ring (bicyclic) bond motifs is 2. The largest absolute Gasteiger partial charge is 0.266 e. The standard InChI is InChI=1S/C10H8N4/c1-2-8-9-7(6-13-14-9)3-5-12-10(8)11-4-1/h1-2,4,6H,3,5H2. The van der Waals surface area contributed by atoms with Crippen LogP contribution in [0.25, 0.3) is 5.70 Å². The summed E-state index contributed by atoms with van der Waals surface area (Å²) in [6.45, 7) is 0.768. The van der Waals surface area contributed by atoms with Gasteiger partial charge in [-0.25, -0.2) is 4.98 Å². The summed E-state index contributed by atoms with van der Waals surface area (Å²) < 4.78 is 0. The molecule has 0 saturated carbocycles. The molecule has 0 spiro atoms. The van der Waals surface area contributed by atoms with Gasteiger partial charge in [-0.3, -0.25) is 4.99 Å². The summed E-state index contributed by atoms with van der Waals surface area (Å²) in [7, 11) is 0. The number of rotatable bonds is 0. The summed E-state index contributed by atoms with van der Waals surface area (Å²) >= 11 is 0. The second-order valence-electron chi connectivity index (χ2n) is 3.22. The van der Waals surface area contributed by atoms with Gasteiger partial charge in [-0.2, -0.15) is 10.2 Å². The molecule has 4 nitrogen and oxygen atoms in total. The molecule has 0 saturated heterocycles. The van der Waals surface area contributed by atoms with Crippen LogP contribution in [0.4, 0.5) is 0 Å². The Bertz CT molecular complexity index is 554. The number of azo groups is 1. The van der Waals surface area contributed by atoms with Crippen LogP contribution in [-0.2, 0) is 0 Å². The minimum absolute atomic E-state index is 0.768. The first-order valence-electron chi connectivity index (χ1n) is 4.55. The van der Waals surface area contributed by atoms with E-state index in [4.69, 9.17) is 0 Å². The molecule has 0 atom stereocenters. The molecule has 2 aliphatic rings. The van der Waals surface area contributed by atoms with Crippen molar-refractivity contribution in [3.8, 4) is 0 Å². The fourth-order valence-corrected chi connectivity index (χ4v) is 1.68. The number of hydrogen-bond acceptors (Lipinski definition) is 4. The third-order valence-corrected chi connectivity index (χ3v) is 2.36. The van der Waals surface area contributed by atoms with Crippen LogP contribution in [0.1, 0.15) is 6.42 Å². The Morgan fingerprint density at radius 3 is 3.29 bits per heavy atom. The zero-order valence-corrected chi connectivity index (χ0v) is 7.51. The molecule has 0 amide bonds. The van der Waals surface area contributed by atoms with E-state index in [1.54, 1.807) is 6.20 Å². The predicted molar refractivity (Wildman–Crippen MR) is 50.8 cm³/mol. The zero-order chi connectivity index (χ0) is 9.38. The van der Waals surface area contributed by atoms with Crippen molar-refractivity contribution < 1.29 is 0 Å². The van der Waals surface area contributed by atoms with Gasteiger partial charge in [-0.15, -0.1) is 0 Å². The molecule has 4 heteroatoms. The molecule has 2 aliphatic heterocycles. The summed E-state index contributed by atoms with van der Waals surface area (Å²) in [6.07, 6.45) is 4.47. The van der Waals surface area contributed by atoms with Crippen LogP contribution in [0.2, 0.25) is 0 Å². The second-order valence-corrected chi connectivity index (χ2v) is 3.22.